The van der Waals surface area contributed by atoms with Gasteiger partial charge in [-0.05, 0) is 35.2 Å². The van der Waals surface area contributed by atoms with Crippen LogP contribution in [0.3, 0.4) is 0 Å². The number of sulfonamides is 1. The predicted molar refractivity (Wildman–Crippen MR) is 127 cm³/mol. The lowest BCUT2D eigenvalue weighted by molar-refractivity contribution is -0.192. The number of rotatable bonds is 6. The Morgan fingerprint density at radius 2 is 1.62 bits per heavy atom. The second kappa shape index (κ2) is 12.2. The van der Waals surface area contributed by atoms with Crippen molar-refractivity contribution in [1.29, 1.82) is 0 Å². The molecule has 39 heavy (non-hydrogen) atoms. The lowest BCUT2D eigenvalue weighted by Gasteiger charge is -2.25. The quantitative estimate of drug-likeness (QED) is 0.434. The van der Waals surface area contributed by atoms with E-state index < -0.39 is 39.9 Å². The van der Waals surface area contributed by atoms with Gasteiger partial charge in [-0.2, -0.15) is 34.8 Å². The topological polar surface area (TPSA) is 130 Å². The molecule has 0 spiro atoms. The highest BCUT2D eigenvalue weighted by atomic mass is 32.2. The summed E-state index contributed by atoms with van der Waals surface area (Å²) in [5, 5.41) is 7.12. The molecule has 0 bridgehead atoms. The molecule has 216 valence electrons. The lowest BCUT2D eigenvalue weighted by Crippen LogP contribution is -2.45. The zero-order chi connectivity index (χ0) is 29.8. The number of amides is 1. The van der Waals surface area contributed by atoms with E-state index in [9.17, 15) is 43.9 Å². The fraction of sp³-hybridized carbons (Fsp3) is 0.391. The van der Waals surface area contributed by atoms with Crippen molar-refractivity contribution in [2.45, 2.75) is 43.2 Å². The van der Waals surface area contributed by atoms with Crippen molar-refractivity contribution in [1.82, 2.24) is 4.90 Å². The molecule has 2 aromatic carbocycles. The van der Waals surface area contributed by atoms with E-state index in [2.05, 4.69) is 0 Å². The van der Waals surface area contributed by atoms with Crippen LogP contribution < -0.4 is 10.5 Å². The monoisotopic (exact) mass is 587 g/mol. The van der Waals surface area contributed by atoms with Crippen LogP contribution in [0.2, 0.25) is 0 Å². The number of carbonyl (C=O) groups is 2. The second-order valence-corrected chi connectivity index (χ2v) is 10.2. The van der Waals surface area contributed by atoms with Gasteiger partial charge in [0.15, 0.2) is 0 Å². The number of hydrogen-bond donors (Lipinski definition) is 3. The Kier molecular flexibility index (Phi) is 9.95. The van der Waals surface area contributed by atoms with Gasteiger partial charge in [-0.1, -0.05) is 43.3 Å². The first kappa shape index (κ1) is 31.8. The molecule has 1 fully saturated rings. The third kappa shape index (κ3) is 8.54. The Bertz CT molecular complexity index is 1270. The van der Waals surface area contributed by atoms with Gasteiger partial charge in [0.25, 0.3) is 0 Å². The average Bonchev–Trinajstić information content (AvgIpc) is 3.28. The number of benzene rings is 2. The summed E-state index contributed by atoms with van der Waals surface area (Å²) in [5.74, 6) is -3.42. The molecule has 0 aliphatic carbocycles. The molecule has 1 amide bonds. The second-order valence-electron chi connectivity index (χ2n) is 8.54. The van der Waals surface area contributed by atoms with Gasteiger partial charge in [-0.15, -0.1) is 0 Å². The number of nitrogens with two attached hydrogens (primary N) is 1. The molecule has 3 atom stereocenters. The number of carbonyl (C=O) groups excluding carboxylic acids is 1. The van der Waals surface area contributed by atoms with Crippen molar-refractivity contribution >= 4 is 27.6 Å². The number of hydrogen-bond acceptors (Lipinski definition) is 5. The van der Waals surface area contributed by atoms with Crippen LogP contribution in [0.1, 0.15) is 24.8 Å². The third-order valence-electron chi connectivity index (χ3n) is 5.70. The number of anilines is 1. The maximum absolute atomic E-state index is 13.4. The summed E-state index contributed by atoms with van der Waals surface area (Å²) in [6, 6.07) is 11.6. The highest BCUT2D eigenvalue weighted by Gasteiger charge is 2.46. The Morgan fingerprint density at radius 3 is 2.08 bits per heavy atom. The van der Waals surface area contributed by atoms with Crippen molar-refractivity contribution in [2.75, 3.05) is 17.8 Å². The van der Waals surface area contributed by atoms with E-state index in [0.717, 1.165) is 5.56 Å². The number of carboxylic acids is 1. The van der Waals surface area contributed by atoms with Crippen molar-refractivity contribution in [3.05, 3.63) is 54.1 Å². The van der Waals surface area contributed by atoms with Crippen LogP contribution in [0.25, 0.3) is 11.1 Å². The molecule has 8 nitrogen and oxygen atoms in total. The van der Waals surface area contributed by atoms with Crippen LogP contribution in [0.15, 0.2) is 48.5 Å². The van der Waals surface area contributed by atoms with Gasteiger partial charge in [-0.25, -0.2) is 9.18 Å². The first-order valence-corrected chi connectivity index (χ1v) is 12.6. The molecule has 4 N–H and O–H groups in total. The fourth-order valence-electron chi connectivity index (χ4n) is 3.50. The molecule has 0 radical (unpaired) electrons. The molecule has 1 heterocycles. The number of aliphatic carboxylic acids is 1. The molecule has 1 saturated heterocycles. The number of likely N-dealkylation sites (tertiary alicyclic amines) is 1. The number of nitrogens with one attached hydrogen (secondary N) is 1. The summed E-state index contributed by atoms with van der Waals surface area (Å²) in [6.45, 7) is 2.17. The van der Waals surface area contributed by atoms with E-state index >= 15 is 0 Å². The van der Waals surface area contributed by atoms with E-state index in [-0.39, 0.29) is 24.1 Å². The van der Waals surface area contributed by atoms with Crippen molar-refractivity contribution in [2.24, 2.45) is 5.73 Å². The lowest BCUT2D eigenvalue weighted by atomic mass is 9.91. The highest BCUT2D eigenvalue weighted by molar-refractivity contribution is 7.93. The summed E-state index contributed by atoms with van der Waals surface area (Å²) < 4.78 is 107. The van der Waals surface area contributed by atoms with E-state index in [1.54, 1.807) is 37.3 Å². The van der Waals surface area contributed by atoms with Gasteiger partial charge in [0.1, 0.15) is 6.17 Å². The maximum Gasteiger partial charge on any atom is 0.516 e. The molecule has 0 unspecified atom stereocenters. The van der Waals surface area contributed by atoms with Crippen LogP contribution in [-0.2, 0) is 19.6 Å². The third-order valence-corrected chi connectivity index (χ3v) is 6.81. The molecule has 3 rings (SSSR count). The SMILES string of the molecule is C[C@@H](c1ccc(-c2cccc(NS(=O)(=O)C(F)(F)F)c2)cc1)[C@H](N)C(=O)N1CC[C@H](F)C1.O=C(O)C(F)(F)F. The van der Waals surface area contributed by atoms with Crippen LogP contribution in [-0.4, -0.2) is 67.3 Å². The van der Waals surface area contributed by atoms with Gasteiger partial charge < -0.3 is 15.7 Å². The molecule has 0 saturated carbocycles. The van der Waals surface area contributed by atoms with Gasteiger partial charge in [-0.3, -0.25) is 9.52 Å². The standard InChI is InChI=1S/C21H23F4N3O3S.C2HF3O2/c1-13(19(26)20(29)28-10-9-17(22)12-28)14-5-7-15(8-6-14)16-3-2-4-18(11-16)27-32(30,31)21(23,24)25;3-2(4,5)1(6)7/h2-8,11,13,17,19,27H,9-10,12,26H2,1H3;(H,6,7)/t13-,17-,19-;/m0./s1. The Morgan fingerprint density at radius 1 is 1.05 bits per heavy atom. The normalized spacial score (nSPS) is 17.6. The molecule has 0 aromatic heterocycles. The van der Waals surface area contributed by atoms with Crippen LogP contribution in [0, 0.1) is 0 Å². The Balaban J connectivity index is 0.000000673. The number of halogens is 7. The molecule has 16 heteroatoms. The summed E-state index contributed by atoms with van der Waals surface area (Å²) in [7, 11) is -5.52. The van der Waals surface area contributed by atoms with Crippen LogP contribution in [0.5, 0.6) is 0 Å². The van der Waals surface area contributed by atoms with E-state index in [4.69, 9.17) is 15.6 Å². The largest absolute Gasteiger partial charge is 0.516 e. The zero-order valence-electron chi connectivity index (χ0n) is 20.1. The minimum absolute atomic E-state index is 0.0482. The summed E-state index contributed by atoms with van der Waals surface area (Å²) >= 11 is 0. The summed E-state index contributed by atoms with van der Waals surface area (Å²) in [6.07, 6.45) is -5.81. The molecular weight excluding hydrogens is 563 g/mol. The van der Waals surface area contributed by atoms with Gasteiger partial charge >= 0.3 is 27.7 Å². The van der Waals surface area contributed by atoms with E-state index in [1.807, 2.05) is 0 Å². The van der Waals surface area contributed by atoms with Gasteiger partial charge in [0.2, 0.25) is 5.91 Å². The minimum atomic E-state index is -5.52. The van der Waals surface area contributed by atoms with Gasteiger partial charge in [0, 0.05) is 18.2 Å². The summed E-state index contributed by atoms with van der Waals surface area (Å²) in [5.41, 5.74) is 2.36. The van der Waals surface area contributed by atoms with Crippen molar-refractivity contribution in [3.8, 4) is 11.1 Å². The molecule has 2 aromatic rings. The minimum Gasteiger partial charge on any atom is -0.475 e. The number of nitrogens with zero attached hydrogens (tertiary/aromatic N) is 1. The van der Waals surface area contributed by atoms with Crippen molar-refractivity contribution in [3.63, 3.8) is 0 Å². The number of alkyl halides is 7. The first-order chi connectivity index (χ1) is 17.8. The van der Waals surface area contributed by atoms with Gasteiger partial charge in [0.05, 0.1) is 12.6 Å². The van der Waals surface area contributed by atoms with E-state index in [0.29, 0.717) is 24.1 Å². The maximum atomic E-state index is 13.4. The molecule has 1 aliphatic rings. The molecule has 1 aliphatic heterocycles. The predicted octanol–water partition coefficient (Wildman–Crippen LogP) is 4.25. The first-order valence-electron chi connectivity index (χ1n) is 11.1. The number of carboxylic acid groups (broad SMARTS) is 1. The smallest absolute Gasteiger partial charge is 0.475 e. The van der Waals surface area contributed by atoms with Crippen LogP contribution >= 0.6 is 0 Å². The van der Waals surface area contributed by atoms with Crippen LogP contribution in [0.4, 0.5) is 36.4 Å². The Hall–Kier alpha value is -3.40. The van der Waals surface area contributed by atoms with Crippen molar-refractivity contribution < 1.29 is 53.8 Å². The molecular formula is C23H24F7N3O5S. The summed E-state index contributed by atoms with van der Waals surface area (Å²) in [4.78, 5) is 22.8. The fourth-order valence-corrected chi connectivity index (χ4v) is 4.06. The Labute approximate surface area is 218 Å². The van der Waals surface area contributed by atoms with E-state index in [1.165, 1.54) is 27.8 Å². The average molecular weight is 588 g/mol. The zero-order valence-corrected chi connectivity index (χ0v) is 20.9. The highest BCUT2D eigenvalue weighted by Crippen LogP contribution is 2.29.